The minimum Gasteiger partial charge on any atom is -0.496 e. The molecule has 1 aromatic heterocycles. The molecule has 0 fully saturated rings. The predicted octanol–water partition coefficient (Wildman–Crippen LogP) is 2.76. The van der Waals surface area contributed by atoms with E-state index in [4.69, 9.17) is 14.9 Å². The van der Waals surface area contributed by atoms with Crippen molar-refractivity contribution >= 4 is 6.01 Å². The van der Waals surface area contributed by atoms with Gasteiger partial charge in [0.2, 0.25) is 5.89 Å². The zero-order valence-electron chi connectivity index (χ0n) is 11.0. The minimum absolute atomic E-state index is 0.0753. The average Bonchev–Trinajstić information content (AvgIpc) is 2.74. The lowest BCUT2D eigenvalue weighted by atomic mass is 9.96. The molecule has 0 atom stereocenters. The first-order valence-corrected chi connectivity index (χ1v) is 5.80. The van der Waals surface area contributed by atoms with E-state index in [1.54, 1.807) is 7.11 Å². The lowest BCUT2D eigenvalue weighted by Crippen LogP contribution is -1.97. The minimum atomic E-state index is 0.0753. The molecule has 0 unspecified atom stereocenters. The molecule has 0 spiro atoms. The highest BCUT2D eigenvalue weighted by Crippen LogP contribution is 2.33. The first-order chi connectivity index (χ1) is 8.52. The molecule has 1 aromatic carbocycles. The van der Waals surface area contributed by atoms with Gasteiger partial charge < -0.3 is 14.9 Å². The fourth-order valence-corrected chi connectivity index (χ4v) is 1.90. The van der Waals surface area contributed by atoms with E-state index in [9.17, 15) is 0 Å². The number of ether oxygens (including phenoxy) is 1. The Morgan fingerprint density at radius 2 is 2.00 bits per heavy atom. The summed E-state index contributed by atoms with van der Waals surface area (Å²) in [5.74, 6) is 1.66. The molecule has 96 valence electrons. The largest absolute Gasteiger partial charge is 0.496 e. The number of hydrogen-bond donors (Lipinski definition) is 1. The number of nitrogens with zero attached hydrogens (tertiary/aromatic N) is 2. The quantitative estimate of drug-likeness (QED) is 0.902. The fraction of sp³-hybridized carbons (Fsp3) is 0.385. The van der Waals surface area contributed by atoms with Crippen molar-refractivity contribution in [1.82, 2.24) is 10.2 Å². The average molecular weight is 247 g/mol. The van der Waals surface area contributed by atoms with Gasteiger partial charge in [0.25, 0.3) is 0 Å². The molecule has 0 amide bonds. The highest BCUT2D eigenvalue weighted by Gasteiger charge is 2.15. The normalized spacial score (nSPS) is 10.9. The molecular weight excluding hydrogens is 230 g/mol. The number of aromatic nitrogens is 2. The molecule has 5 heteroatoms. The lowest BCUT2D eigenvalue weighted by molar-refractivity contribution is 0.407. The second kappa shape index (κ2) is 4.68. The van der Waals surface area contributed by atoms with Crippen molar-refractivity contribution in [3.05, 3.63) is 23.3 Å². The van der Waals surface area contributed by atoms with Gasteiger partial charge in [-0.2, -0.15) is 0 Å². The maximum atomic E-state index is 5.45. The highest BCUT2D eigenvalue weighted by atomic mass is 16.5. The molecule has 2 N–H and O–H groups in total. The van der Waals surface area contributed by atoms with Crippen LogP contribution in [0.3, 0.4) is 0 Å². The lowest BCUT2D eigenvalue weighted by Gasteiger charge is -2.14. The van der Waals surface area contributed by atoms with Crippen LogP contribution in [0.2, 0.25) is 0 Å². The summed E-state index contributed by atoms with van der Waals surface area (Å²) in [6, 6.07) is 4.07. The molecule has 0 radical (unpaired) electrons. The van der Waals surface area contributed by atoms with E-state index in [1.165, 1.54) is 0 Å². The molecule has 0 aliphatic carbocycles. The highest BCUT2D eigenvalue weighted by molar-refractivity contribution is 5.63. The van der Waals surface area contributed by atoms with Crippen molar-refractivity contribution < 1.29 is 9.15 Å². The number of aryl methyl sites for hydroxylation is 1. The van der Waals surface area contributed by atoms with Crippen LogP contribution in [-0.2, 0) is 0 Å². The maximum Gasteiger partial charge on any atom is 0.313 e. The van der Waals surface area contributed by atoms with Crippen LogP contribution in [0.5, 0.6) is 5.75 Å². The summed E-state index contributed by atoms with van der Waals surface area (Å²) >= 11 is 0. The van der Waals surface area contributed by atoms with Crippen LogP contribution < -0.4 is 10.5 Å². The summed E-state index contributed by atoms with van der Waals surface area (Å²) in [7, 11) is 1.67. The van der Waals surface area contributed by atoms with Gasteiger partial charge in [0.1, 0.15) is 5.75 Å². The van der Waals surface area contributed by atoms with Gasteiger partial charge in [-0.05, 0) is 36.1 Å². The number of nitrogen functional groups attached to an aromatic ring is 1. The second-order valence-electron chi connectivity index (χ2n) is 4.51. The smallest absolute Gasteiger partial charge is 0.313 e. The van der Waals surface area contributed by atoms with Crippen LogP contribution in [0.15, 0.2) is 16.5 Å². The van der Waals surface area contributed by atoms with Gasteiger partial charge in [-0.25, -0.2) is 0 Å². The maximum absolute atomic E-state index is 5.45. The van der Waals surface area contributed by atoms with Crippen molar-refractivity contribution in [2.75, 3.05) is 12.8 Å². The summed E-state index contributed by atoms with van der Waals surface area (Å²) in [5, 5.41) is 7.60. The second-order valence-corrected chi connectivity index (χ2v) is 4.51. The van der Waals surface area contributed by atoms with E-state index < -0.39 is 0 Å². The first-order valence-electron chi connectivity index (χ1n) is 5.80. The van der Waals surface area contributed by atoms with Crippen molar-refractivity contribution in [2.45, 2.75) is 26.7 Å². The van der Waals surface area contributed by atoms with Crippen LogP contribution in [0.1, 0.15) is 30.9 Å². The van der Waals surface area contributed by atoms with Gasteiger partial charge in [0.05, 0.1) is 7.11 Å². The predicted molar refractivity (Wildman–Crippen MR) is 69.5 cm³/mol. The number of hydrogen-bond acceptors (Lipinski definition) is 5. The first kappa shape index (κ1) is 12.4. The van der Waals surface area contributed by atoms with Crippen molar-refractivity contribution in [3.8, 4) is 17.2 Å². The summed E-state index contributed by atoms with van der Waals surface area (Å²) in [6.07, 6.45) is 0. The number of nitrogens with two attached hydrogens (primary N) is 1. The Kier molecular flexibility index (Phi) is 3.23. The zero-order valence-corrected chi connectivity index (χ0v) is 11.0. The molecule has 0 saturated carbocycles. The SMILES string of the molecule is COc1cc(C)c(-c2nnc(N)o2)cc1C(C)C. The van der Waals surface area contributed by atoms with Crippen LogP contribution >= 0.6 is 0 Å². The number of methoxy groups -OCH3 is 1. The van der Waals surface area contributed by atoms with E-state index in [2.05, 4.69) is 24.0 Å². The van der Waals surface area contributed by atoms with Crippen LogP contribution in [0, 0.1) is 6.92 Å². The fourth-order valence-electron chi connectivity index (χ4n) is 1.90. The molecule has 2 rings (SSSR count). The molecule has 0 aliphatic heterocycles. The number of benzene rings is 1. The monoisotopic (exact) mass is 247 g/mol. The number of rotatable bonds is 3. The van der Waals surface area contributed by atoms with E-state index in [0.29, 0.717) is 11.8 Å². The van der Waals surface area contributed by atoms with Gasteiger partial charge in [-0.15, -0.1) is 5.10 Å². The van der Waals surface area contributed by atoms with E-state index in [0.717, 1.165) is 22.4 Å². The molecular formula is C13H17N3O2. The molecule has 0 bridgehead atoms. The summed E-state index contributed by atoms with van der Waals surface area (Å²) in [5.41, 5.74) is 8.47. The molecule has 18 heavy (non-hydrogen) atoms. The Bertz CT molecular complexity index is 561. The van der Waals surface area contributed by atoms with Gasteiger partial charge in [-0.1, -0.05) is 18.9 Å². The van der Waals surface area contributed by atoms with Crippen LogP contribution in [0.25, 0.3) is 11.5 Å². The van der Waals surface area contributed by atoms with Gasteiger partial charge in [0.15, 0.2) is 0 Å². The van der Waals surface area contributed by atoms with Gasteiger partial charge in [-0.3, -0.25) is 0 Å². The van der Waals surface area contributed by atoms with Gasteiger partial charge in [0, 0.05) is 5.56 Å². The van der Waals surface area contributed by atoms with Crippen molar-refractivity contribution in [3.63, 3.8) is 0 Å². The Labute approximate surface area is 106 Å². The topological polar surface area (TPSA) is 74.2 Å². The van der Waals surface area contributed by atoms with E-state index in [-0.39, 0.29) is 6.01 Å². The molecule has 1 heterocycles. The standard InChI is InChI=1S/C13H17N3O2/c1-7(2)9-6-10(8(3)5-11(9)17-4)12-15-16-13(14)18-12/h5-7H,1-4H3,(H2,14,16). The third-order valence-corrected chi connectivity index (χ3v) is 2.87. The van der Waals surface area contributed by atoms with Crippen LogP contribution in [0.4, 0.5) is 6.01 Å². The van der Waals surface area contributed by atoms with Crippen molar-refractivity contribution in [2.24, 2.45) is 0 Å². The summed E-state index contributed by atoms with van der Waals surface area (Å²) in [6.45, 7) is 6.20. The Balaban J connectivity index is 2.58. The molecule has 5 nitrogen and oxygen atoms in total. The molecule has 2 aromatic rings. The van der Waals surface area contributed by atoms with Gasteiger partial charge >= 0.3 is 6.01 Å². The third kappa shape index (κ3) is 2.16. The van der Waals surface area contributed by atoms with Crippen molar-refractivity contribution in [1.29, 1.82) is 0 Å². The van der Waals surface area contributed by atoms with E-state index in [1.807, 2.05) is 19.1 Å². The Morgan fingerprint density at radius 1 is 1.28 bits per heavy atom. The molecule has 0 saturated heterocycles. The summed E-state index contributed by atoms with van der Waals surface area (Å²) < 4.78 is 10.7. The van der Waals surface area contributed by atoms with E-state index >= 15 is 0 Å². The Hall–Kier alpha value is -2.04. The Morgan fingerprint density at radius 3 is 2.50 bits per heavy atom. The third-order valence-electron chi connectivity index (χ3n) is 2.87. The molecule has 0 aliphatic rings. The zero-order chi connectivity index (χ0) is 13.3. The number of anilines is 1. The summed E-state index contributed by atoms with van der Waals surface area (Å²) in [4.78, 5) is 0. The van der Waals surface area contributed by atoms with Crippen LogP contribution in [-0.4, -0.2) is 17.3 Å².